The van der Waals surface area contributed by atoms with Crippen molar-refractivity contribution in [3.8, 4) is 10.7 Å². The summed E-state index contributed by atoms with van der Waals surface area (Å²) in [5.41, 5.74) is 1.50. The van der Waals surface area contributed by atoms with Crippen LogP contribution in [0.25, 0.3) is 10.7 Å². The maximum absolute atomic E-state index is 12.8. The summed E-state index contributed by atoms with van der Waals surface area (Å²) in [6.07, 6.45) is 3.33. The Bertz CT molecular complexity index is 797. The lowest BCUT2D eigenvalue weighted by molar-refractivity contribution is 0.0730. The van der Waals surface area contributed by atoms with Crippen molar-refractivity contribution >= 4 is 17.2 Å². The third kappa shape index (κ3) is 3.03. The minimum Gasteiger partial charge on any atom is -0.467 e. The van der Waals surface area contributed by atoms with Crippen LogP contribution in [0.15, 0.2) is 47.2 Å². The van der Waals surface area contributed by atoms with E-state index in [4.69, 9.17) is 4.42 Å². The molecule has 3 aromatic heterocycles. The Labute approximate surface area is 138 Å². The maximum atomic E-state index is 12.8. The van der Waals surface area contributed by atoms with Crippen LogP contribution in [0, 0.1) is 6.92 Å². The summed E-state index contributed by atoms with van der Waals surface area (Å²) in [5.74, 6) is 0.694. The van der Waals surface area contributed by atoms with Gasteiger partial charge in [-0.05, 0) is 38.1 Å². The number of hydrogen-bond donors (Lipinski definition) is 0. The van der Waals surface area contributed by atoms with Gasteiger partial charge in [0, 0.05) is 13.2 Å². The second-order valence-electron chi connectivity index (χ2n) is 5.26. The fraction of sp³-hybridized carbons (Fsp3) is 0.235. The van der Waals surface area contributed by atoms with Crippen LogP contribution in [0.5, 0.6) is 0 Å². The van der Waals surface area contributed by atoms with Crippen molar-refractivity contribution in [3.05, 3.63) is 59.1 Å². The van der Waals surface area contributed by atoms with Crippen molar-refractivity contribution in [2.24, 2.45) is 0 Å². The van der Waals surface area contributed by atoms with Crippen LogP contribution >= 0.6 is 11.3 Å². The molecule has 5 nitrogen and oxygen atoms in total. The molecule has 0 N–H and O–H groups in total. The summed E-state index contributed by atoms with van der Waals surface area (Å²) >= 11 is 1.37. The molecule has 0 bridgehead atoms. The van der Waals surface area contributed by atoms with E-state index in [9.17, 15) is 4.79 Å². The van der Waals surface area contributed by atoms with Gasteiger partial charge in [-0.25, -0.2) is 4.98 Å². The van der Waals surface area contributed by atoms with Crippen LogP contribution in [-0.2, 0) is 0 Å². The molecule has 3 rings (SSSR count). The second kappa shape index (κ2) is 6.34. The van der Waals surface area contributed by atoms with E-state index < -0.39 is 0 Å². The SMILES string of the molecule is Cc1nc(-c2ccccn2)sc1C(=O)N(C)C(C)c1ccco1. The molecular weight excluding hydrogens is 310 g/mol. The average molecular weight is 327 g/mol. The van der Waals surface area contributed by atoms with Crippen LogP contribution in [0.2, 0.25) is 0 Å². The van der Waals surface area contributed by atoms with E-state index in [2.05, 4.69) is 9.97 Å². The number of carbonyl (C=O) groups excluding carboxylic acids is 1. The quantitative estimate of drug-likeness (QED) is 0.728. The van der Waals surface area contributed by atoms with E-state index in [1.54, 1.807) is 24.4 Å². The van der Waals surface area contributed by atoms with Crippen molar-refractivity contribution in [2.45, 2.75) is 19.9 Å². The monoisotopic (exact) mass is 327 g/mol. The van der Waals surface area contributed by atoms with Crippen molar-refractivity contribution in [1.82, 2.24) is 14.9 Å². The Kier molecular flexibility index (Phi) is 4.25. The molecule has 6 heteroatoms. The van der Waals surface area contributed by atoms with E-state index in [0.717, 1.165) is 22.2 Å². The van der Waals surface area contributed by atoms with E-state index in [0.29, 0.717) is 4.88 Å². The molecule has 0 aliphatic carbocycles. The Hall–Kier alpha value is -2.47. The predicted molar refractivity (Wildman–Crippen MR) is 89.3 cm³/mol. The number of furan rings is 1. The topological polar surface area (TPSA) is 59.2 Å². The van der Waals surface area contributed by atoms with Gasteiger partial charge in [-0.2, -0.15) is 0 Å². The van der Waals surface area contributed by atoms with E-state index >= 15 is 0 Å². The first-order valence-electron chi connectivity index (χ1n) is 7.27. The molecule has 0 saturated carbocycles. The summed E-state index contributed by atoms with van der Waals surface area (Å²) in [5, 5.41) is 0.755. The van der Waals surface area contributed by atoms with E-state index in [1.807, 2.05) is 44.2 Å². The third-order valence-electron chi connectivity index (χ3n) is 3.73. The van der Waals surface area contributed by atoms with Gasteiger partial charge in [0.1, 0.15) is 15.6 Å². The van der Waals surface area contributed by atoms with Gasteiger partial charge >= 0.3 is 0 Å². The zero-order valence-corrected chi connectivity index (χ0v) is 14.0. The maximum Gasteiger partial charge on any atom is 0.266 e. The van der Waals surface area contributed by atoms with Gasteiger partial charge in [-0.15, -0.1) is 11.3 Å². The highest BCUT2D eigenvalue weighted by molar-refractivity contribution is 7.17. The largest absolute Gasteiger partial charge is 0.467 e. The van der Waals surface area contributed by atoms with Crippen molar-refractivity contribution in [3.63, 3.8) is 0 Å². The minimum atomic E-state index is -0.141. The number of nitrogens with zero attached hydrogens (tertiary/aromatic N) is 3. The molecular formula is C17H17N3O2S. The number of carbonyl (C=O) groups is 1. The molecule has 0 aromatic carbocycles. The predicted octanol–water partition coefficient (Wildman–Crippen LogP) is 3.94. The molecule has 118 valence electrons. The van der Waals surface area contributed by atoms with Crippen molar-refractivity contribution in [1.29, 1.82) is 0 Å². The molecule has 1 unspecified atom stereocenters. The third-order valence-corrected chi connectivity index (χ3v) is 4.90. The molecule has 23 heavy (non-hydrogen) atoms. The molecule has 1 atom stereocenters. The lowest BCUT2D eigenvalue weighted by Gasteiger charge is -2.22. The highest BCUT2D eigenvalue weighted by Crippen LogP contribution is 2.29. The van der Waals surface area contributed by atoms with Gasteiger partial charge in [0.25, 0.3) is 5.91 Å². The summed E-state index contributed by atoms with van der Waals surface area (Å²) in [4.78, 5) is 23.9. The molecule has 0 spiro atoms. The standard InChI is InChI=1S/C17H17N3O2S/c1-11-15(23-16(19-11)13-7-4-5-9-18-13)17(21)20(3)12(2)14-8-6-10-22-14/h4-10,12H,1-3H3. The van der Waals surface area contributed by atoms with Gasteiger partial charge in [0.05, 0.1) is 23.7 Å². The molecule has 0 aliphatic heterocycles. The Morgan fingerprint density at radius 1 is 1.30 bits per heavy atom. The summed E-state index contributed by atoms with van der Waals surface area (Å²) in [6.45, 7) is 3.79. The number of aromatic nitrogens is 2. The molecule has 3 aromatic rings. The van der Waals surface area contributed by atoms with Crippen LogP contribution in [0.3, 0.4) is 0 Å². The summed E-state index contributed by atoms with van der Waals surface area (Å²) in [6, 6.07) is 9.20. The summed E-state index contributed by atoms with van der Waals surface area (Å²) in [7, 11) is 1.77. The zero-order valence-electron chi connectivity index (χ0n) is 13.2. The first kappa shape index (κ1) is 15.4. The zero-order chi connectivity index (χ0) is 16.4. The molecule has 3 heterocycles. The minimum absolute atomic E-state index is 0.0638. The smallest absolute Gasteiger partial charge is 0.266 e. The fourth-order valence-electron chi connectivity index (χ4n) is 2.25. The number of thiazole rings is 1. The normalized spacial score (nSPS) is 12.1. The van der Waals surface area contributed by atoms with E-state index in [1.165, 1.54) is 11.3 Å². The average Bonchev–Trinajstić information content (AvgIpc) is 3.23. The molecule has 0 aliphatic rings. The lowest BCUT2D eigenvalue weighted by Crippen LogP contribution is -2.29. The van der Waals surface area contributed by atoms with Crippen LogP contribution < -0.4 is 0 Å². The van der Waals surface area contributed by atoms with Gasteiger partial charge in [-0.1, -0.05) is 6.07 Å². The van der Waals surface area contributed by atoms with Crippen LogP contribution in [0.1, 0.15) is 34.1 Å². The molecule has 1 amide bonds. The number of pyridine rings is 1. The van der Waals surface area contributed by atoms with Crippen molar-refractivity contribution in [2.75, 3.05) is 7.05 Å². The Morgan fingerprint density at radius 3 is 2.78 bits per heavy atom. The van der Waals surface area contributed by atoms with Crippen molar-refractivity contribution < 1.29 is 9.21 Å². The number of hydrogen-bond acceptors (Lipinski definition) is 5. The highest BCUT2D eigenvalue weighted by Gasteiger charge is 2.25. The van der Waals surface area contributed by atoms with Gasteiger partial charge in [0.15, 0.2) is 0 Å². The summed E-state index contributed by atoms with van der Waals surface area (Å²) < 4.78 is 5.39. The van der Waals surface area contributed by atoms with Gasteiger partial charge < -0.3 is 9.32 Å². The number of amides is 1. The fourth-order valence-corrected chi connectivity index (χ4v) is 3.28. The first-order chi connectivity index (χ1) is 11.1. The number of rotatable bonds is 4. The number of aryl methyl sites for hydroxylation is 1. The molecule has 0 fully saturated rings. The van der Waals surface area contributed by atoms with E-state index in [-0.39, 0.29) is 11.9 Å². The van der Waals surface area contributed by atoms with Gasteiger partial charge in [-0.3, -0.25) is 9.78 Å². The Morgan fingerprint density at radius 2 is 2.13 bits per heavy atom. The first-order valence-corrected chi connectivity index (χ1v) is 8.09. The lowest BCUT2D eigenvalue weighted by atomic mass is 10.2. The highest BCUT2D eigenvalue weighted by atomic mass is 32.1. The second-order valence-corrected chi connectivity index (χ2v) is 6.26. The van der Waals surface area contributed by atoms with Crippen LogP contribution in [-0.4, -0.2) is 27.8 Å². The molecule has 0 radical (unpaired) electrons. The van der Waals surface area contributed by atoms with Crippen LogP contribution in [0.4, 0.5) is 0 Å². The Balaban J connectivity index is 1.87. The van der Waals surface area contributed by atoms with Gasteiger partial charge in [0.2, 0.25) is 0 Å². The molecule has 0 saturated heterocycles.